The minimum atomic E-state index is -0.0312. The lowest BCUT2D eigenvalue weighted by molar-refractivity contribution is -0.0305. The molecule has 0 fully saturated rings. The van der Waals surface area contributed by atoms with Gasteiger partial charge in [0.05, 0.1) is 25.9 Å². The number of rotatable bonds is 7. The van der Waals surface area contributed by atoms with Crippen LogP contribution < -0.4 is 4.74 Å². The number of hydrogen-bond acceptors (Lipinski definition) is 3. The molecular weight excluding hydrogens is 284 g/mol. The van der Waals surface area contributed by atoms with E-state index in [1.54, 1.807) is 14.2 Å². The number of methoxy groups -OCH3 is 2. The molecule has 0 heterocycles. The number of halogens is 1. The highest BCUT2D eigenvalue weighted by Gasteiger charge is 2.17. The highest BCUT2D eigenvalue weighted by Crippen LogP contribution is 2.29. The molecule has 1 aromatic rings. The van der Waals surface area contributed by atoms with E-state index >= 15 is 0 Å². The van der Waals surface area contributed by atoms with Crippen molar-refractivity contribution in [2.24, 2.45) is 0 Å². The highest BCUT2D eigenvalue weighted by atomic mass is 79.9. The van der Waals surface area contributed by atoms with Crippen LogP contribution in [-0.4, -0.2) is 32.3 Å². The molecular formula is C13H19BrO3. The maximum atomic E-state index is 5.92. The first kappa shape index (κ1) is 14.5. The lowest BCUT2D eigenvalue weighted by atomic mass is 10.1. The fourth-order valence-electron chi connectivity index (χ4n) is 1.68. The molecule has 0 radical (unpaired) electrons. The molecule has 0 saturated carbocycles. The van der Waals surface area contributed by atoms with Crippen LogP contribution in [0.5, 0.6) is 5.75 Å². The zero-order valence-electron chi connectivity index (χ0n) is 10.5. The first-order valence-corrected chi connectivity index (χ1v) is 6.68. The Labute approximate surface area is 111 Å². The summed E-state index contributed by atoms with van der Waals surface area (Å²) < 4.78 is 16.3. The van der Waals surface area contributed by atoms with Gasteiger partial charge in [-0.2, -0.15) is 0 Å². The number of alkyl halides is 1. The van der Waals surface area contributed by atoms with Crippen molar-refractivity contribution in [2.75, 3.05) is 26.2 Å². The van der Waals surface area contributed by atoms with Gasteiger partial charge in [0.2, 0.25) is 0 Å². The first-order valence-electron chi connectivity index (χ1n) is 5.56. The van der Waals surface area contributed by atoms with Gasteiger partial charge in [0.15, 0.2) is 0 Å². The summed E-state index contributed by atoms with van der Waals surface area (Å²) in [4.78, 5) is 0. The van der Waals surface area contributed by atoms with Crippen LogP contribution in [0.25, 0.3) is 0 Å². The summed E-state index contributed by atoms with van der Waals surface area (Å²) in [5.41, 5.74) is 1.05. The lowest BCUT2D eigenvalue weighted by Crippen LogP contribution is -2.19. The van der Waals surface area contributed by atoms with Gasteiger partial charge in [0.25, 0.3) is 0 Å². The molecule has 0 saturated heterocycles. The number of benzene rings is 1. The quantitative estimate of drug-likeness (QED) is 0.724. The fourth-order valence-corrected chi connectivity index (χ4v) is 2.18. The van der Waals surface area contributed by atoms with Crippen molar-refractivity contribution < 1.29 is 14.2 Å². The molecule has 3 nitrogen and oxygen atoms in total. The molecule has 17 heavy (non-hydrogen) atoms. The second-order valence-electron chi connectivity index (χ2n) is 3.79. The molecule has 2 atom stereocenters. The Morgan fingerprint density at radius 2 is 1.94 bits per heavy atom. The van der Waals surface area contributed by atoms with Gasteiger partial charge in [-0.05, 0) is 13.0 Å². The van der Waals surface area contributed by atoms with Crippen LogP contribution in [0, 0.1) is 0 Å². The summed E-state index contributed by atoms with van der Waals surface area (Å²) in [5.74, 6) is 0.849. The van der Waals surface area contributed by atoms with Gasteiger partial charge in [-0.3, -0.25) is 0 Å². The SMILES string of the molecule is COCC(C)OC(CBr)c1ccccc1OC. The van der Waals surface area contributed by atoms with Crippen LogP contribution >= 0.6 is 15.9 Å². The second kappa shape index (κ2) is 7.69. The molecule has 0 amide bonds. The third-order valence-corrected chi connectivity index (χ3v) is 3.01. The van der Waals surface area contributed by atoms with Crippen molar-refractivity contribution in [3.05, 3.63) is 29.8 Å². The Kier molecular flexibility index (Phi) is 6.55. The fraction of sp³-hybridized carbons (Fsp3) is 0.538. The standard InChI is InChI=1S/C13H19BrO3/c1-10(9-15-2)17-13(8-14)11-6-4-5-7-12(11)16-3/h4-7,10,13H,8-9H2,1-3H3. The molecule has 0 spiro atoms. The van der Waals surface area contributed by atoms with Crippen molar-refractivity contribution in [1.82, 2.24) is 0 Å². The third-order valence-electron chi connectivity index (χ3n) is 2.42. The zero-order valence-corrected chi connectivity index (χ0v) is 12.1. The van der Waals surface area contributed by atoms with Gasteiger partial charge in [-0.25, -0.2) is 0 Å². The first-order chi connectivity index (χ1) is 8.22. The summed E-state index contributed by atoms with van der Waals surface area (Å²) in [6.45, 7) is 2.58. The van der Waals surface area contributed by atoms with E-state index in [0.717, 1.165) is 16.6 Å². The molecule has 0 bridgehead atoms. The van der Waals surface area contributed by atoms with Gasteiger partial charge in [-0.1, -0.05) is 34.1 Å². The summed E-state index contributed by atoms with van der Waals surface area (Å²) in [6, 6.07) is 7.89. The number of para-hydroxylation sites is 1. The molecule has 1 rings (SSSR count). The summed E-state index contributed by atoms with van der Waals surface area (Å²) in [6.07, 6.45) is 0.0174. The molecule has 0 aliphatic carbocycles. The van der Waals surface area contributed by atoms with E-state index in [0.29, 0.717) is 6.61 Å². The molecule has 0 aliphatic heterocycles. The van der Waals surface area contributed by atoms with E-state index in [1.807, 2.05) is 31.2 Å². The van der Waals surface area contributed by atoms with Crippen LogP contribution in [0.15, 0.2) is 24.3 Å². The number of hydrogen-bond donors (Lipinski definition) is 0. The topological polar surface area (TPSA) is 27.7 Å². The molecule has 0 aromatic heterocycles. The van der Waals surface area contributed by atoms with E-state index < -0.39 is 0 Å². The van der Waals surface area contributed by atoms with E-state index in [2.05, 4.69) is 15.9 Å². The molecule has 96 valence electrons. The van der Waals surface area contributed by atoms with Gasteiger partial charge < -0.3 is 14.2 Å². The largest absolute Gasteiger partial charge is 0.496 e. The van der Waals surface area contributed by atoms with Crippen molar-refractivity contribution in [1.29, 1.82) is 0 Å². The minimum Gasteiger partial charge on any atom is -0.496 e. The molecule has 1 aromatic carbocycles. The summed E-state index contributed by atoms with van der Waals surface area (Å²) >= 11 is 3.47. The third kappa shape index (κ3) is 4.30. The summed E-state index contributed by atoms with van der Waals surface area (Å²) in [7, 11) is 3.34. The lowest BCUT2D eigenvalue weighted by Gasteiger charge is -2.22. The molecule has 4 heteroatoms. The average molecular weight is 303 g/mol. The van der Waals surface area contributed by atoms with Crippen molar-refractivity contribution in [2.45, 2.75) is 19.1 Å². The van der Waals surface area contributed by atoms with E-state index in [1.165, 1.54) is 0 Å². The van der Waals surface area contributed by atoms with Crippen molar-refractivity contribution in [3.63, 3.8) is 0 Å². The van der Waals surface area contributed by atoms with Crippen LogP contribution in [0.4, 0.5) is 0 Å². The normalized spacial score (nSPS) is 14.4. The van der Waals surface area contributed by atoms with Gasteiger partial charge in [-0.15, -0.1) is 0 Å². The molecule has 0 N–H and O–H groups in total. The Balaban J connectivity index is 2.78. The Morgan fingerprint density at radius 3 is 2.53 bits per heavy atom. The average Bonchev–Trinajstić information content (AvgIpc) is 2.36. The number of ether oxygens (including phenoxy) is 3. The van der Waals surface area contributed by atoms with Crippen LogP contribution in [0.3, 0.4) is 0 Å². The molecule has 2 unspecified atom stereocenters. The Bertz CT molecular complexity index is 330. The maximum Gasteiger partial charge on any atom is 0.124 e. The van der Waals surface area contributed by atoms with Crippen LogP contribution in [-0.2, 0) is 9.47 Å². The summed E-state index contributed by atoms with van der Waals surface area (Å²) in [5, 5.41) is 0.724. The Hall–Kier alpha value is -0.580. The van der Waals surface area contributed by atoms with E-state index in [9.17, 15) is 0 Å². The van der Waals surface area contributed by atoms with Crippen LogP contribution in [0.1, 0.15) is 18.6 Å². The smallest absolute Gasteiger partial charge is 0.124 e. The predicted octanol–water partition coefficient (Wildman–Crippen LogP) is 3.18. The van der Waals surface area contributed by atoms with E-state index in [4.69, 9.17) is 14.2 Å². The second-order valence-corrected chi connectivity index (χ2v) is 4.43. The monoisotopic (exact) mass is 302 g/mol. The van der Waals surface area contributed by atoms with Crippen molar-refractivity contribution in [3.8, 4) is 5.75 Å². The zero-order chi connectivity index (χ0) is 12.7. The highest BCUT2D eigenvalue weighted by molar-refractivity contribution is 9.09. The van der Waals surface area contributed by atoms with Gasteiger partial charge in [0.1, 0.15) is 5.75 Å². The Morgan fingerprint density at radius 1 is 1.24 bits per heavy atom. The van der Waals surface area contributed by atoms with Crippen LogP contribution in [0.2, 0.25) is 0 Å². The van der Waals surface area contributed by atoms with Gasteiger partial charge in [0, 0.05) is 18.0 Å². The van der Waals surface area contributed by atoms with Gasteiger partial charge >= 0.3 is 0 Å². The van der Waals surface area contributed by atoms with E-state index in [-0.39, 0.29) is 12.2 Å². The minimum absolute atomic E-state index is 0.0312. The van der Waals surface area contributed by atoms with Crippen molar-refractivity contribution >= 4 is 15.9 Å². The molecule has 0 aliphatic rings. The maximum absolute atomic E-state index is 5.92. The predicted molar refractivity (Wildman–Crippen MR) is 72.0 cm³/mol.